The number of nitrogens with one attached hydrogen (secondary N) is 1. The zero-order chi connectivity index (χ0) is 15.4. The Hall–Kier alpha value is -2.15. The van der Waals surface area contributed by atoms with E-state index in [1.807, 2.05) is 0 Å². The van der Waals surface area contributed by atoms with Crippen molar-refractivity contribution in [1.82, 2.24) is 10.2 Å². The zero-order valence-corrected chi connectivity index (χ0v) is 11.9. The molecule has 1 saturated heterocycles. The van der Waals surface area contributed by atoms with Gasteiger partial charge in [0, 0.05) is 19.2 Å². The van der Waals surface area contributed by atoms with Crippen molar-refractivity contribution < 1.29 is 14.8 Å². The van der Waals surface area contributed by atoms with Gasteiger partial charge < -0.3 is 15.3 Å². The Labute approximate surface area is 122 Å². The molecule has 1 amide bonds. The predicted molar refractivity (Wildman–Crippen MR) is 77.3 cm³/mol. The van der Waals surface area contributed by atoms with Gasteiger partial charge in [-0.15, -0.1) is 0 Å². The molecule has 1 aliphatic heterocycles. The maximum Gasteiger partial charge on any atom is 0.282 e. The van der Waals surface area contributed by atoms with Gasteiger partial charge in [0.1, 0.15) is 11.3 Å². The quantitative estimate of drug-likeness (QED) is 0.631. The molecule has 1 aromatic rings. The highest BCUT2D eigenvalue weighted by molar-refractivity contribution is 5.98. The molecular weight excluding hydrogens is 274 g/mol. The maximum atomic E-state index is 12.1. The summed E-state index contributed by atoms with van der Waals surface area (Å²) in [6, 6.07) is 3.46. The van der Waals surface area contributed by atoms with E-state index in [1.165, 1.54) is 6.07 Å². The number of nitrogens with zero attached hydrogens (tertiary/aromatic N) is 2. The molecule has 0 saturated carbocycles. The molecule has 0 radical (unpaired) electrons. The molecule has 0 aromatic heterocycles. The maximum absolute atomic E-state index is 12.1. The monoisotopic (exact) mass is 293 g/mol. The van der Waals surface area contributed by atoms with Gasteiger partial charge in [0.25, 0.3) is 11.6 Å². The van der Waals surface area contributed by atoms with Gasteiger partial charge in [-0.1, -0.05) is 6.92 Å². The predicted octanol–water partition coefficient (Wildman–Crippen LogP) is 1.37. The Kier molecular flexibility index (Phi) is 4.74. The molecule has 0 bridgehead atoms. The van der Waals surface area contributed by atoms with Crippen molar-refractivity contribution in [2.24, 2.45) is 5.92 Å². The van der Waals surface area contributed by atoms with E-state index in [0.29, 0.717) is 12.5 Å². The van der Waals surface area contributed by atoms with Crippen LogP contribution in [0.3, 0.4) is 0 Å². The SMILES string of the molecule is CCN1CCC(CNC(=O)c2cc(O)ccc2[N+](=O)[O-])C1. The van der Waals surface area contributed by atoms with Crippen LogP contribution in [0, 0.1) is 16.0 Å². The minimum Gasteiger partial charge on any atom is -0.508 e. The lowest BCUT2D eigenvalue weighted by Crippen LogP contribution is -2.31. The van der Waals surface area contributed by atoms with Crippen molar-refractivity contribution in [2.75, 3.05) is 26.2 Å². The zero-order valence-electron chi connectivity index (χ0n) is 11.9. The average Bonchev–Trinajstić information content (AvgIpc) is 2.92. The summed E-state index contributed by atoms with van der Waals surface area (Å²) in [4.78, 5) is 24.7. The molecule has 7 heteroatoms. The van der Waals surface area contributed by atoms with E-state index < -0.39 is 10.8 Å². The van der Waals surface area contributed by atoms with Crippen molar-refractivity contribution in [3.05, 3.63) is 33.9 Å². The van der Waals surface area contributed by atoms with Gasteiger partial charge in [-0.05, 0) is 37.6 Å². The third-order valence-electron chi connectivity index (χ3n) is 3.79. The van der Waals surface area contributed by atoms with Gasteiger partial charge in [0.05, 0.1) is 4.92 Å². The van der Waals surface area contributed by atoms with Crippen molar-refractivity contribution in [3.63, 3.8) is 0 Å². The van der Waals surface area contributed by atoms with Crippen LogP contribution in [0.2, 0.25) is 0 Å². The molecule has 0 aliphatic carbocycles. The number of phenolic OH excluding ortho intramolecular Hbond substituents is 1. The van der Waals surface area contributed by atoms with Crippen LogP contribution in [0.5, 0.6) is 5.75 Å². The lowest BCUT2D eigenvalue weighted by molar-refractivity contribution is -0.385. The summed E-state index contributed by atoms with van der Waals surface area (Å²) in [5, 5.41) is 23.0. The summed E-state index contributed by atoms with van der Waals surface area (Å²) in [5.41, 5.74) is -0.405. The number of hydrogen-bond acceptors (Lipinski definition) is 5. The topological polar surface area (TPSA) is 95.7 Å². The molecule has 1 heterocycles. The van der Waals surface area contributed by atoms with Crippen LogP contribution < -0.4 is 5.32 Å². The van der Waals surface area contributed by atoms with Crippen LogP contribution in [0.4, 0.5) is 5.69 Å². The van der Waals surface area contributed by atoms with Gasteiger partial charge in [0.15, 0.2) is 0 Å². The fraction of sp³-hybridized carbons (Fsp3) is 0.500. The lowest BCUT2D eigenvalue weighted by atomic mass is 10.1. The first-order valence-electron chi connectivity index (χ1n) is 6.99. The van der Waals surface area contributed by atoms with Gasteiger partial charge in [-0.25, -0.2) is 0 Å². The molecule has 1 unspecified atom stereocenters. The van der Waals surface area contributed by atoms with E-state index in [9.17, 15) is 20.0 Å². The third kappa shape index (κ3) is 3.69. The summed E-state index contributed by atoms with van der Waals surface area (Å²) in [6.45, 7) is 5.52. The number of phenols is 1. The average molecular weight is 293 g/mol. The Bertz CT molecular complexity index is 547. The highest BCUT2D eigenvalue weighted by atomic mass is 16.6. The second kappa shape index (κ2) is 6.53. The van der Waals surface area contributed by atoms with E-state index >= 15 is 0 Å². The minimum absolute atomic E-state index is 0.106. The van der Waals surface area contributed by atoms with Crippen molar-refractivity contribution >= 4 is 11.6 Å². The van der Waals surface area contributed by atoms with Gasteiger partial charge in [0.2, 0.25) is 0 Å². The van der Waals surface area contributed by atoms with Gasteiger partial charge >= 0.3 is 0 Å². The normalized spacial score (nSPS) is 18.6. The second-order valence-electron chi connectivity index (χ2n) is 5.22. The standard InChI is InChI=1S/C14H19N3O4/c1-2-16-6-5-10(9-16)8-15-14(19)12-7-11(18)3-4-13(12)17(20)21/h3-4,7,10,18H,2,5-6,8-9H2,1H3,(H,15,19). The van der Waals surface area contributed by atoms with Crippen LogP contribution in [0.25, 0.3) is 0 Å². The number of benzene rings is 1. The van der Waals surface area contributed by atoms with E-state index in [4.69, 9.17) is 0 Å². The summed E-state index contributed by atoms with van der Waals surface area (Å²) in [7, 11) is 0. The molecule has 2 rings (SSSR count). The van der Waals surface area contributed by atoms with Crippen LogP contribution in [-0.2, 0) is 0 Å². The molecule has 2 N–H and O–H groups in total. The first-order valence-corrected chi connectivity index (χ1v) is 6.99. The third-order valence-corrected chi connectivity index (χ3v) is 3.79. The summed E-state index contributed by atoms with van der Waals surface area (Å²) < 4.78 is 0. The van der Waals surface area contributed by atoms with Crippen molar-refractivity contribution in [1.29, 1.82) is 0 Å². The number of hydrogen-bond donors (Lipinski definition) is 2. The molecule has 7 nitrogen and oxygen atoms in total. The van der Waals surface area contributed by atoms with Crippen LogP contribution >= 0.6 is 0 Å². The molecule has 1 aromatic carbocycles. The fourth-order valence-corrected chi connectivity index (χ4v) is 2.56. The number of carbonyl (C=O) groups excluding carboxylic acids is 1. The molecule has 114 valence electrons. The number of nitro groups is 1. The highest BCUT2D eigenvalue weighted by Crippen LogP contribution is 2.23. The van der Waals surface area contributed by atoms with E-state index in [1.54, 1.807) is 0 Å². The second-order valence-corrected chi connectivity index (χ2v) is 5.22. The first kappa shape index (κ1) is 15.2. The molecule has 1 fully saturated rings. The molecular formula is C14H19N3O4. The van der Waals surface area contributed by atoms with Gasteiger partial charge in [-0.3, -0.25) is 14.9 Å². The van der Waals surface area contributed by atoms with Crippen LogP contribution in [0.15, 0.2) is 18.2 Å². The van der Waals surface area contributed by atoms with Crippen molar-refractivity contribution in [3.8, 4) is 5.75 Å². The Morgan fingerprint density at radius 1 is 1.57 bits per heavy atom. The molecule has 1 atom stereocenters. The van der Waals surface area contributed by atoms with Crippen LogP contribution in [0.1, 0.15) is 23.7 Å². The number of aromatic hydroxyl groups is 1. The summed E-state index contributed by atoms with van der Waals surface area (Å²) in [5.74, 6) is -0.318. The Morgan fingerprint density at radius 3 is 2.95 bits per heavy atom. The minimum atomic E-state index is -0.622. The first-order chi connectivity index (χ1) is 10.0. The van der Waals surface area contributed by atoms with E-state index in [0.717, 1.165) is 38.2 Å². The smallest absolute Gasteiger partial charge is 0.282 e. The molecule has 21 heavy (non-hydrogen) atoms. The number of amides is 1. The van der Waals surface area contributed by atoms with Gasteiger partial charge in [-0.2, -0.15) is 0 Å². The van der Waals surface area contributed by atoms with E-state index in [-0.39, 0.29) is 17.0 Å². The number of likely N-dealkylation sites (tertiary alicyclic amines) is 1. The number of carbonyl (C=O) groups is 1. The summed E-state index contributed by atoms with van der Waals surface area (Å²) >= 11 is 0. The summed E-state index contributed by atoms with van der Waals surface area (Å²) in [6.07, 6.45) is 1.01. The van der Waals surface area contributed by atoms with E-state index in [2.05, 4.69) is 17.1 Å². The molecule has 1 aliphatic rings. The number of rotatable bonds is 5. The fourth-order valence-electron chi connectivity index (χ4n) is 2.56. The number of nitro benzene ring substituents is 1. The Balaban J connectivity index is 2.00. The lowest BCUT2D eigenvalue weighted by Gasteiger charge is -2.13. The Morgan fingerprint density at radius 2 is 2.33 bits per heavy atom. The highest BCUT2D eigenvalue weighted by Gasteiger charge is 2.24. The van der Waals surface area contributed by atoms with Crippen molar-refractivity contribution in [2.45, 2.75) is 13.3 Å². The van der Waals surface area contributed by atoms with Crippen LogP contribution in [-0.4, -0.2) is 47.0 Å². The largest absolute Gasteiger partial charge is 0.508 e. The molecule has 0 spiro atoms.